The van der Waals surface area contributed by atoms with Crippen molar-refractivity contribution in [2.75, 3.05) is 0 Å². The standard InChI is InChI=1S/C4H9.C2H6.Y/c1-4(2)3;1-2;/h1-3H3;1-2H3;/q-1;;. The fourth-order valence-corrected chi connectivity index (χ4v) is 0. The predicted molar refractivity (Wildman–Crippen MR) is 31.6 cm³/mol. The second-order valence-electron chi connectivity index (χ2n) is 1.50. The maximum absolute atomic E-state index is 2.08. The summed E-state index contributed by atoms with van der Waals surface area (Å²) in [4.78, 5) is 0. The van der Waals surface area contributed by atoms with Crippen molar-refractivity contribution in [3.63, 3.8) is 0 Å². The van der Waals surface area contributed by atoms with Crippen LogP contribution in [0.2, 0.25) is 0 Å². The number of rotatable bonds is 0. The van der Waals surface area contributed by atoms with E-state index in [0.717, 1.165) is 0 Å². The maximum Gasteiger partial charge on any atom is 0 e. The van der Waals surface area contributed by atoms with Gasteiger partial charge in [0.2, 0.25) is 0 Å². The molecule has 0 amide bonds. The third kappa shape index (κ3) is 152. The summed E-state index contributed by atoms with van der Waals surface area (Å²) in [7, 11) is 0. The van der Waals surface area contributed by atoms with Gasteiger partial charge in [-0.3, -0.25) is 0 Å². The van der Waals surface area contributed by atoms with Crippen LogP contribution in [0.4, 0.5) is 0 Å². The zero-order valence-corrected chi connectivity index (χ0v) is 8.92. The Morgan fingerprint density at radius 3 is 0.857 bits per heavy atom. The van der Waals surface area contributed by atoms with Crippen molar-refractivity contribution in [3.8, 4) is 0 Å². The molecule has 1 heteroatoms. The molecule has 43 valence electrons. The molecule has 0 fully saturated rings. The van der Waals surface area contributed by atoms with Gasteiger partial charge in [-0.1, -0.05) is 13.8 Å². The molecule has 0 spiro atoms. The van der Waals surface area contributed by atoms with Gasteiger partial charge in [-0.25, -0.2) is 0 Å². The molecule has 1 radical (unpaired) electrons. The number of hydrogen-bond donors (Lipinski definition) is 0. The van der Waals surface area contributed by atoms with E-state index in [0.29, 0.717) is 0 Å². The molecule has 7 heavy (non-hydrogen) atoms. The fourth-order valence-electron chi connectivity index (χ4n) is 0. The summed E-state index contributed by atoms with van der Waals surface area (Å²) in [6, 6.07) is 0. The first kappa shape index (κ1) is 15.7. The van der Waals surface area contributed by atoms with E-state index in [9.17, 15) is 0 Å². The van der Waals surface area contributed by atoms with E-state index < -0.39 is 0 Å². The Morgan fingerprint density at radius 2 is 0.857 bits per heavy atom. The van der Waals surface area contributed by atoms with Crippen LogP contribution in [0, 0.1) is 5.92 Å². The Kier molecular flexibility index (Phi) is 35.2. The van der Waals surface area contributed by atoms with E-state index in [2.05, 4.69) is 20.8 Å². The third-order valence-electron chi connectivity index (χ3n) is 0. The van der Waals surface area contributed by atoms with Crippen LogP contribution < -0.4 is 0 Å². The minimum atomic E-state index is 0. The van der Waals surface area contributed by atoms with Crippen LogP contribution in [-0.4, -0.2) is 0 Å². The molecule has 0 aromatic rings. The minimum absolute atomic E-state index is 0. The molecule has 0 saturated carbocycles. The molecule has 0 nitrogen and oxygen atoms in total. The van der Waals surface area contributed by atoms with Crippen molar-refractivity contribution in [1.29, 1.82) is 0 Å². The van der Waals surface area contributed by atoms with E-state index in [4.69, 9.17) is 0 Å². The Balaban J connectivity index is -0.0000000480. The molecule has 0 N–H and O–H groups in total. The molecule has 0 aliphatic carbocycles. The molecular formula is C6H15Y-. The minimum Gasteiger partial charge on any atom is -0.323 e. The van der Waals surface area contributed by atoms with E-state index in [-0.39, 0.29) is 32.7 Å². The summed E-state index contributed by atoms with van der Waals surface area (Å²) >= 11 is 0. The predicted octanol–water partition coefficient (Wildman–Crippen LogP) is 2.64. The van der Waals surface area contributed by atoms with Crippen LogP contribution in [0.15, 0.2) is 0 Å². The molecule has 0 heterocycles. The summed E-state index contributed by atoms with van der Waals surface area (Å²) < 4.78 is 0. The Hall–Kier alpha value is 1.10. The van der Waals surface area contributed by atoms with Gasteiger partial charge >= 0.3 is 0 Å². The average Bonchev–Trinajstić information content (AvgIpc) is 1.41. The average molecular weight is 176 g/mol. The first-order valence-electron chi connectivity index (χ1n) is 2.50. The largest absolute Gasteiger partial charge is 0.323 e. The second kappa shape index (κ2) is 15.7. The molecule has 0 aromatic carbocycles. The normalized spacial score (nSPS) is 6.00. The molecule has 0 rings (SSSR count). The van der Waals surface area contributed by atoms with Crippen LogP contribution in [0.25, 0.3) is 0 Å². The van der Waals surface area contributed by atoms with Gasteiger partial charge in [-0.15, -0.1) is 0 Å². The smallest absolute Gasteiger partial charge is 0 e. The van der Waals surface area contributed by atoms with Crippen LogP contribution in [-0.2, 0) is 32.7 Å². The third-order valence-corrected chi connectivity index (χ3v) is 0. The van der Waals surface area contributed by atoms with Gasteiger partial charge in [-0.05, 0) is 0 Å². The fraction of sp³-hybridized carbons (Fsp3) is 0.833. The van der Waals surface area contributed by atoms with Crippen LogP contribution in [0.1, 0.15) is 34.6 Å². The summed E-state index contributed by atoms with van der Waals surface area (Å²) in [5.41, 5.74) is 0. The Labute approximate surface area is 73.0 Å². The topological polar surface area (TPSA) is 0 Å². The molecule has 0 bridgehead atoms. The summed E-state index contributed by atoms with van der Waals surface area (Å²) in [6.07, 6.45) is 0. The molecular weight excluding hydrogens is 161 g/mol. The van der Waals surface area contributed by atoms with Gasteiger partial charge < -0.3 is 5.92 Å². The van der Waals surface area contributed by atoms with Crippen molar-refractivity contribution >= 4 is 0 Å². The van der Waals surface area contributed by atoms with Gasteiger partial charge in [-0.2, -0.15) is 20.8 Å². The molecule has 0 saturated heterocycles. The van der Waals surface area contributed by atoms with E-state index in [1.807, 2.05) is 13.8 Å². The van der Waals surface area contributed by atoms with Crippen LogP contribution in [0.3, 0.4) is 0 Å². The van der Waals surface area contributed by atoms with Gasteiger partial charge in [0, 0.05) is 32.7 Å². The SMILES string of the molecule is CC.C[C-](C)C.[Y]. The summed E-state index contributed by atoms with van der Waals surface area (Å²) in [5.74, 6) is 1.42. The molecule has 0 atom stereocenters. The van der Waals surface area contributed by atoms with E-state index in [1.165, 1.54) is 5.92 Å². The first-order valence-corrected chi connectivity index (χ1v) is 2.50. The molecule has 0 aromatic heterocycles. The van der Waals surface area contributed by atoms with Gasteiger partial charge in [0.05, 0.1) is 0 Å². The Morgan fingerprint density at radius 1 is 0.857 bits per heavy atom. The second-order valence-corrected chi connectivity index (χ2v) is 1.50. The van der Waals surface area contributed by atoms with E-state index in [1.54, 1.807) is 0 Å². The summed E-state index contributed by atoms with van der Waals surface area (Å²) in [6.45, 7) is 10.3. The van der Waals surface area contributed by atoms with Gasteiger partial charge in [0.25, 0.3) is 0 Å². The molecule has 0 aliphatic rings. The van der Waals surface area contributed by atoms with Gasteiger partial charge in [0.1, 0.15) is 0 Å². The van der Waals surface area contributed by atoms with Crippen molar-refractivity contribution < 1.29 is 32.7 Å². The van der Waals surface area contributed by atoms with Crippen molar-refractivity contribution in [2.24, 2.45) is 0 Å². The maximum atomic E-state index is 2.08. The van der Waals surface area contributed by atoms with Crippen molar-refractivity contribution in [1.82, 2.24) is 0 Å². The van der Waals surface area contributed by atoms with Crippen LogP contribution in [0.5, 0.6) is 0 Å². The van der Waals surface area contributed by atoms with Gasteiger partial charge in [0.15, 0.2) is 0 Å². The van der Waals surface area contributed by atoms with Crippen LogP contribution >= 0.6 is 0 Å². The first-order chi connectivity index (χ1) is 2.73. The zero-order valence-electron chi connectivity index (χ0n) is 6.08. The van der Waals surface area contributed by atoms with Crippen molar-refractivity contribution in [3.05, 3.63) is 5.92 Å². The quantitative estimate of drug-likeness (QED) is 0.497. The Bertz CT molecular complexity index is 8.90. The number of hydrogen-bond acceptors (Lipinski definition) is 0. The van der Waals surface area contributed by atoms with Crippen molar-refractivity contribution in [2.45, 2.75) is 34.6 Å². The summed E-state index contributed by atoms with van der Waals surface area (Å²) in [5, 5.41) is 0. The zero-order chi connectivity index (χ0) is 5.58. The monoisotopic (exact) mass is 176 g/mol. The molecule has 0 aliphatic heterocycles. The van der Waals surface area contributed by atoms with E-state index >= 15 is 0 Å². The molecule has 0 unspecified atom stereocenters.